The van der Waals surface area contributed by atoms with Crippen LogP contribution in [0.4, 0.5) is 0 Å². The maximum atomic E-state index is 10.6. The Balaban J connectivity index is 3.31. The van der Waals surface area contributed by atoms with Gasteiger partial charge in [0.25, 0.3) is 0 Å². The van der Waals surface area contributed by atoms with E-state index in [1.165, 1.54) is 7.11 Å². The van der Waals surface area contributed by atoms with Crippen LogP contribution in [0.3, 0.4) is 0 Å². The van der Waals surface area contributed by atoms with E-state index in [2.05, 4.69) is 18.2 Å². The molecule has 60 valence electrons. The number of nitrogens with one attached hydrogen (secondary N) is 1. The molecular formula is C4H6I2NO3-. The molecule has 10 heavy (non-hydrogen) atoms. The monoisotopic (exact) mass is 370 g/mol. The minimum absolute atomic E-state index is 0.371. The van der Waals surface area contributed by atoms with Crippen molar-refractivity contribution >= 4 is 28.6 Å². The van der Waals surface area contributed by atoms with E-state index < -0.39 is 27.9 Å². The second-order valence-electron chi connectivity index (χ2n) is 1.13. The first-order chi connectivity index (χ1) is 4.68. The molecular weight excluding hydrogens is 364 g/mol. The summed E-state index contributed by atoms with van der Waals surface area (Å²) in [6, 6.07) is 0. The van der Waals surface area contributed by atoms with Crippen LogP contribution in [-0.4, -0.2) is 13.1 Å². The van der Waals surface area contributed by atoms with Gasteiger partial charge < -0.3 is 0 Å². The Kier molecular flexibility index (Phi) is 6.68. The van der Waals surface area contributed by atoms with Gasteiger partial charge in [-0.1, -0.05) is 0 Å². The number of hydrogen-bond acceptors (Lipinski definition) is 4. The first-order valence-electron chi connectivity index (χ1n) is 2.16. The summed E-state index contributed by atoms with van der Waals surface area (Å²) in [6.07, 6.45) is 0. The molecule has 0 atom stereocenters. The molecule has 0 aromatic heterocycles. The van der Waals surface area contributed by atoms with Crippen molar-refractivity contribution in [2.24, 2.45) is 0 Å². The van der Waals surface area contributed by atoms with Crippen molar-refractivity contribution in [3.05, 3.63) is 10.2 Å². The van der Waals surface area contributed by atoms with Crippen molar-refractivity contribution in [2.75, 3.05) is 7.11 Å². The number of carbonyl (C=O) groups excluding carboxylic acids is 1. The van der Waals surface area contributed by atoms with Gasteiger partial charge in [-0.05, 0) is 0 Å². The Morgan fingerprint density at radius 2 is 2.40 bits per heavy atom. The van der Waals surface area contributed by atoms with Crippen LogP contribution in [0.2, 0.25) is 0 Å². The number of hydrogen-bond donors (Lipinski definition) is 1. The van der Waals surface area contributed by atoms with Crippen LogP contribution in [0.15, 0.2) is 10.2 Å². The van der Waals surface area contributed by atoms with Crippen molar-refractivity contribution in [1.82, 2.24) is 3.69 Å². The SMILES string of the molecule is C=C(I)C(=O)O[I-]NOC. The summed E-state index contributed by atoms with van der Waals surface area (Å²) >= 11 is 0.964. The van der Waals surface area contributed by atoms with Crippen molar-refractivity contribution in [3.8, 4) is 0 Å². The van der Waals surface area contributed by atoms with Gasteiger partial charge in [0, 0.05) is 0 Å². The molecule has 0 aromatic carbocycles. The number of rotatable bonds is 4. The average Bonchev–Trinajstić information content (AvgIpc) is 1.88. The van der Waals surface area contributed by atoms with Gasteiger partial charge in [0.05, 0.1) is 0 Å². The van der Waals surface area contributed by atoms with E-state index in [0.717, 1.165) is 0 Å². The summed E-state index contributed by atoms with van der Waals surface area (Å²) in [5.41, 5.74) is 0. The van der Waals surface area contributed by atoms with Crippen molar-refractivity contribution in [1.29, 1.82) is 0 Å². The Morgan fingerprint density at radius 1 is 1.80 bits per heavy atom. The van der Waals surface area contributed by atoms with Crippen LogP contribution in [0.25, 0.3) is 0 Å². The quantitative estimate of drug-likeness (QED) is 0.196. The second kappa shape index (κ2) is 6.31. The first-order valence-corrected chi connectivity index (χ1v) is 5.19. The molecule has 0 amide bonds. The van der Waals surface area contributed by atoms with E-state index in [1.807, 2.05) is 0 Å². The van der Waals surface area contributed by atoms with Gasteiger partial charge in [-0.2, -0.15) is 0 Å². The summed E-state index contributed by atoms with van der Waals surface area (Å²) in [7, 11) is 1.46. The number of carbonyl (C=O) groups is 1. The standard InChI is InChI=1S/C4H6I2NO3/c1-3(5)4(8)10-6-7-9-2/h7H,1H2,2H3/q-1. The number of halogens is 2. The third-order valence-electron chi connectivity index (χ3n) is 0.439. The summed E-state index contributed by atoms with van der Waals surface area (Å²) < 4.78 is 7.50. The van der Waals surface area contributed by atoms with E-state index in [9.17, 15) is 4.79 Å². The first kappa shape index (κ1) is 10.6. The van der Waals surface area contributed by atoms with E-state index in [1.54, 1.807) is 22.6 Å². The van der Waals surface area contributed by atoms with Crippen molar-refractivity contribution in [2.45, 2.75) is 0 Å². The molecule has 0 aliphatic rings. The fraction of sp³-hybridized carbons (Fsp3) is 0.250. The molecule has 0 heterocycles. The van der Waals surface area contributed by atoms with Gasteiger partial charge in [-0.25, -0.2) is 0 Å². The molecule has 0 aromatic rings. The van der Waals surface area contributed by atoms with Gasteiger partial charge in [-0.3, -0.25) is 0 Å². The van der Waals surface area contributed by atoms with Gasteiger partial charge in [0.2, 0.25) is 0 Å². The van der Waals surface area contributed by atoms with Gasteiger partial charge in [0.1, 0.15) is 0 Å². The molecule has 0 spiro atoms. The Bertz CT molecular complexity index is 138. The topological polar surface area (TPSA) is 47.6 Å². The summed E-state index contributed by atoms with van der Waals surface area (Å²) in [5.74, 6) is -0.391. The van der Waals surface area contributed by atoms with Crippen LogP contribution in [0, 0.1) is 0 Å². The predicted molar refractivity (Wildman–Crippen MR) is 39.4 cm³/mol. The molecule has 6 heteroatoms. The Hall–Kier alpha value is 0.590. The van der Waals surface area contributed by atoms with E-state index in [-0.39, 0.29) is 0 Å². The molecule has 0 bridgehead atoms. The zero-order valence-electron chi connectivity index (χ0n) is 5.19. The third-order valence-corrected chi connectivity index (χ3v) is 2.12. The van der Waals surface area contributed by atoms with Crippen molar-refractivity contribution in [3.63, 3.8) is 0 Å². The molecule has 0 rings (SSSR count). The molecule has 0 fully saturated rings. The van der Waals surface area contributed by atoms with Crippen LogP contribution in [0.5, 0.6) is 0 Å². The van der Waals surface area contributed by atoms with Gasteiger partial charge in [-0.15, -0.1) is 0 Å². The molecule has 4 nitrogen and oxygen atoms in total. The van der Waals surface area contributed by atoms with Crippen LogP contribution < -0.4 is 25.6 Å². The summed E-state index contributed by atoms with van der Waals surface area (Å²) in [5, 5.41) is 0. The summed E-state index contributed by atoms with van der Waals surface area (Å²) in [4.78, 5) is 15.1. The maximum absolute atomic E-state index is 10.6. The zero-order valence-corrected chi connectivity index (χ0v) is 9.50. The van der Waals surface area contributed by atoms with E-state index in [4.69, 9.17) is 0 Å². The second-order valence-corrected chi connectivity index (χ2v) is 3.75. The fourth-order valence-corrected chi connectivity index (χ4v) is 1.39. The fourth-order valence-electron chi connectivity index (χ4n) is 0.124. The Morgan fingerprint density at radius 3 is 2.80 bits per heavy atom. The normalized spacial score (nSPS) is 9.40. The Labute approximate surface area is 83.6 Å². The van der Waals surface area contributed by atoms with Crippen LogP contribution in [-0.2, 0) is 12.7 Å². The molecule has 0 radical (unpaired) electrons. The van der Waals surface area contributed by atoms with E-state index in [0.29, 0.717) is 3.58 Å². The average molecular weight is 370 g/mol. The molecule has 0 aliphatic carbocycles. The zero-order chi connectivity index (χ0) is 7.98. The molecule has 1 N–H and O–H groups in total. The summed E-state index contributed by atoms with van der Waals surface area (Å²) in [6.45, 7) is 3.39. The minimum atomic E-state index is -0.836. The molecule has 0 unspecified atom stereocenters. The van der Waals surface area contributed by atoms with Crippen LogP contribution in [0.1, 0.15) is 0 Å². The van der Waals surface area contributed by atoms with Gasteiger partial charge >= 0.3 is 84.1 Å². The predicted octanol–water partition coefficient (Wildman–Crippen LogP) is -2.45. The van der Waals surface area contributed by atoms with Crippen molar-refractivity contribution < 1.29 is 34.6 Å². The molecule has 0 aliphatic heterocycles. The van der Waals surface area contributed by atoms with Crippen LogP contribution >= 0.6 is 22.6 Å². The van der Waals surface area contributed by atoms with Gasteiger partial charge in [0.15, 0.2) is 0 Å². The molecule has 0 saturated carbocycles. The molecule has 0 saturated heterocycles. The third kappa shape index (κ3) is 5.38. The van der Waals surface area contributed by atoms with E-state index >= 15 is 0 Å².